The fraction of sp³-hybridized carbons (Fsp3) is 0. The molecule has 0 amide bonds. The lowest BCUT2D eigenvalue weighted by atomic mass is 10.8. The van der Waals surface area contributed by atoms with Crippen molar-refractivity contribution in [3.8, 4) is 0 Å². The molecule has 0 rings (SSSR count). The second kappa shape index (κ2) is 3.22. The van der Waals surface area contributed by atoms with Crippen LogP contribution in [0.15, 0.2) is 11.1 Å². The van der Waals surface area contributed by atoms with Gasteiger partial charge in [-0.1, -0.05) is 22.0 Å². The molecule has 0 aliphatic carbocycles. The van der Waals surface area contributed by atoms with Gasteiger partial charge in [-0.25, -0.2) is 0 Å². The van der Waals surface area contributed by atoms with Crippen LogP contribution in [-0.2, 0) is 0 Å². The van der Waals surface area contributed by atoms with Crippen molar-refractivity contribution in [1.29, 1.82) is 0 Å². The van der Waals surface area contributed by atoms with Crippen LogP contribution in [0.5, 0.6) is 0 Å². The highest BCUT2D eigenvalue weighted by Gasteiger charge is 1.37. The van der Waals surface area contributed by atoms with Gasteiger partial charge in [-0.2, -0.15) is 0 Å². The lowest BCUT2D eigenvalue weighted by Crippen LogP contribution is -1.20. The van der Waals surface area contributed by atoms with E-state index in [1.807, 2.05) is 0 Å². The number of hydrogen-bond acceptors (Lipinski definition) is 0. The van der Waals surface area contributed by atoms with Crippen molar-refractivity contribution in [3.63, 3.8) is 0 Å². The summed E-state index contributed by atoms with van der Waals surface area (Å²) in [7, 11) is 0. The van der Waals surface area contributed by atoms with Gasteiger partial charge in [-0.15, -0.1) is 0 Å². The Morgan fingerprint density at radius 2 is 2.00 bits per heavy atom. The first-order valence-corrected chi connectivity index (χ1v) is 1.88. The summed E-state index contributed by atoms with van der Waals surface area (Å²) in [5, 5.41) is 0. The lowest BCUT2D eigenvalue weighted by molar-refractivity contribution is 2.17. The number of allylic oxidation sites excluding steroid dienone is 1. The molecule has 0 saturated carbocycles. The third kappa shape index (κ3) is 2.22. The molecule has 0 saturated heterocycles. The zero-order chi connectivity index (χ0) is 3.41. The van der Waals surface area contributed by atoms with Crippen molar-refractivity contribution in [2.45, 2.75) is 0 Å². The van der Waals surface area contributed by atoms with Gasteiger partial charge in [-0.05, 0) is 11.9 Å². The summed E-state index contributed by atoms with van der Waals surface area (Å²) in [6.07, 6.45) is 1.67. The quantitative estimate of drug-likeness (QED) is 0.456. The molecule has 0 aromatic rings. The Hall–Kier alpha value is 0.220. The Labute approximate surface area is 34.6 Å². The van der Waals surface area contributed by atoms with Gasteiger partial charge >= 0.3 is 0 Å². The molecule has 0 fully saturated rings. The maximum Gasteiger partial charge on any atom is -0.0229 e. The summed E-state index contributed by atoms with van der Waals surface area (Å²) < 4.78 is 0. The molecule has 0 aliphatic heterocycles. The van der Waals surface area contributed by atoms with Crippen molar-refractivity contribution in [1.82, 2.24) is 0 Å². The SMILES string of the molecule is [CH2]/C=C/Br. The largest absolute Gasteiger partial charge is 0.0773 e. The third-order valence-electron chi connectivity index (χ3n) is 0.0891. The maximum atomic E-state index is 3.38. The van der Waals surface area contributed by atoms with Crippen molar-refractivity contribution < 1.29 is 0 Å². The van der Waals surface area contributed by atoms with Gasteiger partial charge in [0, 0.05) is 0 Å². The monoisotopic (exact) mass is 119 g/mol. The Bertz CT molecular complexity index is 18.5. The van der Waals surface area contributed by atoms with E-state index in [9.17, 15) is 0 Å². The van der Waals surface area contributed by atoms with Crippen molar-refractivity contribution in [2.24, 2.45) is 0 Å². The standard InChI is InChI=1S/C3H4Br/c1-2-3-4/h2-3H,1H2/b3-2+. The highest BCUT2D eigenvalue weighted by molar-refractivity contribution is 9.11. The van der Waals surface area contributed by atoms with Gasteiger partial charge in [0.2, 0.25) is 0 Å². The molecule has 4 heavy (non-hydrogen) atoms. The number of hydrogen-bond donors (Lipinski definition) is 0. The van der Waals surface area contributed by atoms with Crippen molar-refractivity contribution >= 4 is 15.9 Å². The number of rotatable bonds is 0. The van der Waals surface area contributed by atoms with Gasteiger partial charge in [0.05, 0.1) is 0 Å². The van der Waals surface area contributed by atoms with Crippen LogP contribution in [0.25, 0.3) is 0 Å². The first kappa shape index (κ1) is 4.22. The lowest BCUT2D eigenvalue weighted by Gasteiger charge is -1.46. The van der Waals surface area contributed by atoms with Crippen molar-refractivity contribution in [3.05, 3.63) is 18.0 Å². The molecule has 1 radical (unpaired) electrons. The van der Waals surface area contributed by atoms with Crippen LogP contribution in [0.2, 0.25) is 0 Å². The topological polar surface area (TPSA) is 0 Å². The van der Waals surface area contributed by atoms with E-state index in [1.54, 1.807) is 11.1 Å². The molecule has 23 valence electrons. The predicted octanol–water partition coefficient (Wildman–Crippen LogP) is 1.73. The summed E-state index contributed by atoms with van der Waals surface area (Å²) in [6, 6.07) is 0. The zero-order valence-electron chi connectivity index (χ0n) is 2.24. The summed E-state index contributed by atoms with van der Waals surface area (Å²) in [6.45, 7) is 3.38. The minimum absolute atomic E-state index is 1.67. The van der Waals surface area contributed by atoms with Crippen molar-refractivity contribution in [2.75, 3.05) is 0 Å². The van der Waals surface area contributed by atoms with Crippen LogP contribution in [-0.4, -0.2) is 0 Å². The van der Waals surface area contributed by atoms with Crippen LogP contribution in [0, 0.1) is 6.92 Å². The fourth-order valence-corrected chi connectivity index (χ4v) is 0. The second-order valence-electron chi connectivity index (χ2n) is 0.362. The van der Waals surface area contributed by atoms with Gasteiger partial charge in [0.1, 0.15) is 0 Å². The molecule has 0 unspecified atom stereocenters. The minimum atomic E-state index is 1.67. The van der Waals surface area contributed by atoms with Crippen LogP contribution in [0.1, 0.15) is 0 Å². The van der Waals surface area contributed by atoms with E-state index in [-0.39, 0.29) is 0 Å². The zero-order valence-corrected chi connectivity index (χ0v) is 3.83. The Kier molecular flexibility index (Phi) is 3.40. The Balaban J connectivity index is 2.55. The first-order valence-electron chi connectivity index (χ1n) is 0.960. The fourth-order valence-electron chi connectivity index (χ4n) is 0. The van der Waals surface area contributed by atoms with E-state index in [2.05, 4.69) is 22.9 Å². The highest BCUT2D eigenvalue weighted by Crippen LogP contribution is 1.76. The normalized spacial score (nSPS) is 9.50. The van der Waals surface area contributed by atoms with Gasteiger partial charge in [-0.3, -0.25) is 0 Å². The highest BCUT2D eigenvalue weighted by atomic mass is 79.9. The molecule has 0 N–H and O–H groups in total. The summed E-state index contributed by atoms with van der Waals surface area (Å²) in [5.74, 6) is 0. The maximum absolute atomic E-state index is 3.38. The molecule has 1 heteroatoms. The van der Waals surface area contributed by atoms with Gasteiger partial charge in [0.25, 0.3) is 0 Å². The Morgan fingerprint density at radius 1 is 1.75 bits per heavy atom. The average Bonchev–Trinajstić information content (AvgIpc) is 1.37. The molecule has 0 aliphatic rings. The van der Waals surface area contributed by atoms with Crippen LogP contribution < -0.4 is 0 Å². The molecule has 0 aromatic heterocycles. The third-order valence-corrected chi connectivity index (χ3v) is 0.463. The summed E-state index contributed by atoms with van der Waals surface area (Å²) in [4.78, 5) is 1.70. The van der Waals surface area contributed by atoms with Crippen LogP contribution in [0.3, 0.4) is 0 Å². The van der Waals surface area contributed by atoms with Gasteiger partial charge < -0.3 is 0 Å². The minimum Gasteiger partial charge on any atom is -0.0773 e. The predicted molar refractivity (Wildman–Crippen MR) is 23.4 cm³/mol. The molecular formula is C3H4Br. The van der Waals surface area contributed by atoms with Crippen LogP contribution in [0.4, 0.5) is 0 Å². The average molecular weight is 120 g/mol. The first-order chi connectivity index (χ1) is 1.91. The number of halogens is 1. The van der Waals surface area contributed by atoms with E-state index in [4.69, 9.17) is 0 Å². The van der Waals surface area contributed by atoms with E-state index in [0.29, 0.717) is 0 Å². The molecule has 0 bridgehead atoms. The molecular weight excluding hydrogens is 116 g/mol. The Morgan fingerprint density at radius 3 is 2.00 bits per heavy atom. The molecule has 0 nitrogen and oxygen atoms in total. The van der Waals surface area contributed by atoms with Crippen LogP contribution >= 0.6 is 15.9 Å². The second-order valence-corrected chi connectivity index (χ2v) is 0.890. The molecule has 0 spiro atoms. The molecule has 0 atom stereocenters. The molecule has 0 heterocycles. The van der Waals surface area contributed by atoms with E-state index in [1.165, 1.54) is 0 Å². The summed E-state index contributed by atoms with van der Waals surface area (Å²) in [5.41, 5.74) is 0. The smallest absolute Gasteiger partial charge is 0.0229 e. The van der Waals surface area contributed by atoms with E-state index in [0.717, 1.165) is 0 Å². The molecule has 0 aromatic carbocycles. The summed E-state index contributed by atoms with van der Waals surface area (Å²) >= 11 is 3.01. The van der Waals surface area contributed by atoms with E-state index >= 15 is 0 Å². The van der Waals surface area contributed by atoms with E-state index < -0.39 is 0 Å². The van der Waals surface area contributed by atoms with Gasteiger partial charge in [0.15, 0.2) is 0 Å².